The second-order valence-corrected chi connectivity index (χ2v) is 3.44. The van der Waals surface area contributed by atoms with Crippen LogP contribution < -0.4 is 0 Å². The second-order valence-electron chi connectivity index (χ2n) is 3.44. The third-order valence-electron chi connectivity index (χ3n) is 2.49. The van der Waals surface area contributed by atoms with Crippen LogP contribution in [0.15, 0.2) is 0 Å². The minimum absolute atomic E-state index is 0.366. The number of hydrogen-bond donors (Lipinski definition) is 1. The van der Waals surface area contributed by atoms with Gasteiger partial charge in [-0.2, -0.15) is 0 Å². The van der Waals surface area contributed by atoms with Crippen molar-refractivity contribution in [1.82, 2.24) is 0 Å². The van der Waals surface area contributed by atoms with Crippen molar-refractivity contribution in [3.05, 3.63) is 0 Å². The van der Waals surface area contributed by atoms with E-state index in [4.69, 9.17) is 5.11 Å². The highest BCUT2D eigenvalue weighted by Gasteiger charge is 2.13. The molecule has 1 N–H and O–H groups in total. The largest absolute Gasteiger partial charge is 0.481 e. The molecule has 0 aromatic rings. The zero-order valence-electron chi connectivity index (χ0n) is 8.88. The molecular formula is C11H22O2. The van der Waals surface area contributed by atoms with Crippen LogP contribution in [0.5, 0.6) is 0 Å². The first-order valence-corrected chi connectivity index (χ1v) is 5.51. The monoisotopic (exact) mass is 186 g/mol. The molecule has 1 rings (SSSR count). The Morgan fingerprint density at radius 3 is 2.23 bits per heavy atom. The van der Waals surface area contributed by atoms with E-state index in [2.05, 4.69) is 0 Å². The number of rotatable bonds is 3. The fourth-order valence-corrected chi connectivity index (χ4v) is 1.80. The Bertz CT molecular complexity index is 126. The molecule has 0 spiro atoms. The van der Waals surface area contributed by atoms with Crippen LogP contribution in [0.3, 0.4) is 0 Å². The Morgan fingerprint density at radius 1 is 1.23 bits per heavy atom. The van der Waals surface area contributed by atoms with E-state index in [-0.39, 0.29) is 0 Å². The maximum Gasteiger partial charge on any atom is 0.303 e. The minimum Gasteiger partial charge on any atom is -0.481 e. The summed E-state index contributed by atoms with van der Waals surface area (Å²) in [5, 5.41) is 8.44. The van der Waals surface area contributed by atoms with Crippen molar-refractivity contribution in [3.8, 4) is 0 Å². The molecule has 1 saturated carbocycles. The second kappa shape index (κ2) is 8.09. The van der Waals surface area contributed by atoms with Gasteiger partial charge < -0.3 is 5.11 Å². The van der Waals surface area contributed by atoms with Gasteiger partial charge in [0.1, 0.15) is 0 Å². The van der Waals surface area contributed by atoms with E-state index < -0.39 is 5.97 Å². The SMILES string of the molecule is CC.O=C(O)CCC1CCCCC1. The quantitative estimate of drug-likeness (QED) is 0.733. The van der Waals surface area contributed by atoms with Crippen molar-refractivity contribution in [2.45, 2.75) is 58.8 Å². The first-order chi connectivity index (χ1) is 6.29. The predicted octanol–water partition coefficient (Wildman–Crippen LogP) is 3.46. The Morgan fingerprint density at radius 2 is 1.77 bits per heavy atom. The zero-order valence-corrected chi connectivity index (χ0v) is 8.88. The molecule has 0 bridgehead atoms. The van der Waals surface area contributed by atoms with Crippen molar-refractivity contribution in [1.29, 1.82) is 0 Å². The average molecular weight is 186 g/mol. The van der Waals surface area contributed by atoms with Gasteiger partial charge >= 0.3 is 5.97 Å². The molecule has 13 heavy (non-hydrogen) atoms. The van der Waals surface area contributed by atoms with Crippen molar-refractivity contribution in [2.24, 2.45) is 5.92 Å². The van der Waals surface area contributed by atoms with Crippen molar-refractivity contribution in [3.63, 3.8) is 0 Å². The van der Waals surface area contributed by atoms with Gasteiger partial charge in [0.25, 0.3) is 0 Å². The van der Waals surface area contributed by atoms with E-state index >= 15 is 0 Å². The van der Waals surface area contributed by atoms with E-state index in [9.17, 15) is 4.79 Å². The average Bonchev–Trinajstić information content (AvgIpc) is 2.19. The van der Waals surface area contributed by atoms with Crippen LogP contribution in [0.1, 0.15) is 58.8 Å². The molecule has 0 amide bonds. The van der Waals surface area contributed by atoms with Gasteiger partial charge in [0.15, 0.2) is 0 Å². The van der Waals surface area contributed by atoms with Crippen LogP contribution in [0, 0.1) is 5.92 Å². The van der Waals surface area contributed by atoms with Gasteiger partial charge in [0, 0.05) is 6.42 Å². The number of hydrogen-bond acceptors (Lipinski definition) is 1. The number of carbonyl (C=O) groups is 1. The van der Waals surface area contributed by atoms with E-state index in [1.807, 2.05) is 13.8 Å². The molecule has 1 fully saturated rings. The van der Waals surface area contributed by atoms with Gasteiger partial charge in [0.05, 0.1) is 0 Å². The lowest BCUT2D eigenvalue weighted by Gasteiger charge is -2.20. The lowest BCUT2D eigenvalue weighted by molar-refractivity contribution is -0.137. The minimum atomic E-state index is -0.643. The molecule has 0 heterocycles. The van der Waals surface area contributed by atoms with Gasteiger partial charge in [-0.15, -0.1) is 0 Å². The first-order valence-electron chi connectivity index (χ1n) is 5.51. The molecule has 1 aliphatic rings. The predicted molar refractivity (Wildman–Crippen MR) is 54.8 cm³/mol. The van der Waals surface area contributed by atoms with Gasteiger partial charge in [-0.3, -0.25) is 4.79 Å². The summed E-state index contributed by atoms with van der Waals surface area (Å²) < 4.78 is 0. The number of aliphatic carboxylic acids is 1. The number of carboxylic acid groups (broad SMARTS) is 1. The molecule has 0 aliphatic heterocycles. The summed E-state index contributed by atoms with van der Waals surface area (Å²) in [7, 11) is 0. The van der Waals surface area contributed by atoms with Crippen LogP contribution in [-0.4, -0.2) is 11.1 Å². The molecule has 0 unspecified atom stereocenters. The third-order valence-corrected chi connectivity index (χ3v) is 2.49. The Hall–Kier alpha value is -0.530. The smallest absolute Gasteiger partial charge is 0.303 e. The summed E-state index contributed by atoms with van der Waals surface area (Å²) in [5.41, 5.74) is 0. The van der Waals surface area contributed by atoms with Gasteiger partial charge in [-0.1, -0.05) is 46.0 Å². The highest BCUT2D eigenvalue weighted by Crippen LogP contribution is 2.26. The molecule has 2 nitrogen and oxygen atoms in total. The molecule has 0 saturated heterocycles. The summed E-state index contributed by atoms with van der Waals surface area (Å²) >= 11 is 0. The normalized spacial score (nSPS) is 17.4. The lowest BCUT2D eigenvalue weighted by Crippen LogP contribution is -2.08. The highest BCUT2D eigenvalue weighted by molar-refractivity contribution is 5.66. The molecule has 0 atom stereocenters. The van der Waals surface area contributed by atoms with Crippen LogP contribution in [-0.2, 0) is 4.79 Å². The first kappa shape index (κ1) is 12.5. The molecule has 1 aliphatic carbocycles. The van der Waals surface area contributed by atoms with Crippen molar-refractivity contribution in [2.75, 3.05) is 0 Å². The van der Waals surface area contributed by atoms with Crippen molar-refractivity contribution >= 4 is 5.97 Å². The van der Waals surface area contributed by atoms with Gasteiger partial charge in [0.2, 0.25) is 0 Å². The van der Waals surface area contributed by atoms with E-state index in [0.29, 0.717) is 12.3 Å². The topological polar surface area (TPSA) is 37.3 Å². The lowest BCUT2D eigenvalue weighted by atomic mass is 9.86. The Kier molecular flexibility index (Phi) is 7.76. The van der Waals surface area contributed by atoms with Crippen LogP contribution in [0.25, 0.3) is 0 Å². The van der Waals surface area contributed by atoms with Crippen molar-refractivity contribution < 1.29 is 9.90 Å². The maximum absolute atomic E-state index is 10.2. The fraction of sp³-hybridized carbons (Fsp3) is 0.909. The van der Waals surface area contributed by atoms with Gasteiger partial charge in [-0.25, -0.2) is 0 Å². The van der Waals surface area contributed by atoms with Crippen LogP contribution >= 0.6 is 0 Å². The summed E-state index contributed by atoms with van der Waals surface area (Å²) in [5.74, 6) is 0.0652. The molecule has 0 aromatic carbocycles. The third kappa shape index (κ3) is 6.62. The number of carboxylic acids is 1. The van der Waals surface area contributed by atoms with E-state index in [1.165, 1.54) is 32.1 Å². The standard InChI is InChI=1S/C9H16O2.C2H6/c10-9(11)7-6-8-4-2-1-3-5-8;1-2/h8H,1-7H2,(H,10,11);1-2H3. The molecule has 0 radical (unpaired) electrons. The van der Waals surface area contributed by atoms with E-state index in [0.717, 1.165) is 6.42 Å². The maximum atomic E-state index is 10.2. The van der Waals surface area contributed by atoms with Gasteiger partial charge in [-0.05, 0) is 12.3 Å². The van der Waals surface area contributed by atoms with Crippen LogP contribution in [0.2, 0.25) is 0 Å². The fourth-order valence-electron chi connectivity index (χ4n) is 1.80. The summed E-state index contributed by atoms with van der Waals surface area (Å²) in [6.07, 6.45) is 7.75. The highest BCUT2D eigenvalue weighted by atomic mass is 16.4. The van der Waals surface area contributed by atoms with Crippen LogP contribution in [0.4, 0.5) is 0 Å². The Balaban J connectivity index is 0.000000671. The summed E-state index contributed by atoms with van der Waals surface area (Å²) in [4.78, 5) is 10.2. The summed E-state index contributed by atoms with van der Waals surface area (Å²) in [6, 6.07) is 0. The summed E-state index contributed by atoms with van der Waals surface area (Å²) in [6.45, 7) is 4.00. The van der Waals surface area contributed by atoms with E-state index in [1.54, 1.807) is 0 Å². The zero-order chi connectivity index (χ0) is 10.1. The Labute approximate surface area is 81.3 Å². The molecule has 2 heteroatoms. The molecule has 0 aromatic heterocycles. The molecule has 78 valence electrons. The molecular weight excluding hydrogens is 164 g/mol.